The summed E-state index contributed by atoms with van der Waals surface area (Å²) in [5.74, 6) is 0.142. The Labute approximate surface area is 54.0 Å². The highest BCUT2D eigenvalue weighted by atomic mass is 16.2. The molecule has 0 saturated carbocycles. The molecular formula is C6H9N2O. The first-order valence-corrected chi connectivity index (χ1v) is 3.24. The van der Waals surface area contributed by atoms with E-state index in [2.05, 4.69) is 5.32 Å². The zero-order valence-electron chi connectivity index (χ0n) is 5.13. The van der Waals surface area contributed by atoms with Crippen molar-refractivity contribution in [2.24, 2.45) is 0 Å². The van der Waals surface area contributed by atoms with Crippen LogP contribution in [0.4, 0.5) is 0 Å². The minimum atomic E-state index is 0.142. The van der Waals surface area contributed by atoms with Crippen LogP contribution in [0.1, 0.15) is 6.42 Å². The van der Waals surface area contributed by atoms with Crippen LogP contribution in [0.2, 0.25) is 0 Å². The summed E-state index contributed by atoms with van der Waals surface area (Å²) >= 11 is 0. The van der Waals surface area contributed by atoms with Gasteiger partial charge in [0.05, 0.1) is 0 Å². The first kappa shape index (κ1) is 5.23. The molecule has 9 heavy (non-hydrogen) atoms. The maximum Gasteiger partial charge on any atom is 0.241 e. The number of amides is 1. The molecule has 0 aliphatic carbocycles. The van der Waals surface area contributed by atoms with Crippen LogP contribution in [0, 0.1) is 6.54 Å². The Kier molecular flexibility index (Phi) is 0.990. The lowest BCUT2D eigenvalue weighted by atomic mass is 10.2. The molecule has 0 aromatic heterocycles. The molecule has 1 amide bonds. The van der Waals surface area contributed by atoms with Gasteiger partial charge in [-0.2, -0.15) is 0 Å². The highest BCUT2D eigenvalue weighted by molar-refractivity contribution is 5.85. The van der Waals surface area contributed by atoms with Crippen molar-refractivity contribution < 1.29 is 4.79 Å². The van der Waals surface area contributed by atoms with Crippen LogP contribution in [0.15, 0.2) is 0 Å². The van der Waals surface area contributed by atoms with E-state index in [0.717, 1.165) is 19.5 Å². The van der Waals surface area contributed by atoms with Crippen molar-refractivity contribution in [3.8, 4) is 0 Å². The Morgan fingerprint density at radius 3 is 3.44 bits per heavy atom. The van der Waals surface area contributed by atoms with Gasteiger partial charge < -0.3 is 4.90 Å². The van der Waals surface area contributed by atoms with E-state index in [1.54, 1.807) is 6.54 Å². The molecule has 1 atom stereocenters. The van der Waals surface area contributed by atoms with Gasteiger partial charge in [-0.25, -0.2) is 0 Å². The summed E-state index contributed by atoms with van der Waals surface area (Å²) in [6.45, 7) is 3.42. The molecule has 1 unspecified atom stereocenters. The SMILES string of the molecule is O=C1[CH]NC2CCN1C2. The van der Waals surface area contributed by atoms with E-state index in [0.29, 0.717) is 6.04 Å². The summed E-state index contributed by atoms with van der Waals surface area (Å²) in [5.41, 5.74) is 0. The number of hydrogen-bond donors (Lipinski definition) is 1. The molecule has 2 heterocycles. The number of fused-ring (bicyclic) bond motifs is 2. The Morgan fingerprint density at radius 1 is 1.78 bits per heavy atom. The predicted molar refractivity (Wildman–Crippen MR) is 32.4 cm³/mol. The van der Waals surface area contributed by atoms with Crippen LogP contribution in [-0.4, -0.2) is 29.9 Å². The van der Waals surface area contributed by atoms with Crippen molar-refractivity contribution in [1.82, 2.24) is 10.2 Å². The molecule has 0 aromatic carbocycles. The maximum atomic E-state index is 10.9. The van der Waals surface area contributed by atoms with Crippen molar-refractivity contribution >= 4 is 5.91 Å². The summed E-state index contributed by atoms with van der Waals surface area (Å²) in [6.07, 6.45) is 1.11. The zero-order valence-corrected chi connectivity index (χ0v) is 5.13. The lowest BCUT2D eigenvalue weighted by Gasteiger charge is -2.21. The fourth-order valence-corrected chi connectivity index (χ4v) is 1.38. The van der Waals surface area contributed by atoms with Gasteiger partial charge in [0.25, 0.3) is 0 Å². The zero-order chi connectivity index (χ0) is 6.27. The minimum absolute atomic E-state index is 0.142. The van der Waals surface area contributed by atoms with Gasteiger partial charge in [-0.15, -0.1) is 0 Å². The van der Waals surface area contributed by atoms with Gasteiger partial charge >= 0.3 is 0 Å². The van der Waals surface area contributed by atoms with Crippen molar-refractivity contribution in [1.29, 1.82) is 0 Å². The predicted octanol–water partition coefficient (Wildman–Crippen LogP) is -0.648. The van der Waals surface area contributed by atoms with Gasteiger partial charge in [0.2, 0.25) is 5.91 Å². The van der Waals surface area contributed by atoms with E-state index in [-0.39, 0.29) is 5.91 Å². The van der Waals surface area contributed by atoms with E-state index < -0.39 is 0 Å². The highest BCUT2D eigenvalue weighted by Crippen LogP contribution is 2.14. The topological polar surface area (TPSA) is 32.3 Å². The second-order valence-corrected chi connectivity index (χ2v) is 2.58. The van der Waals surface area contributed by atoms with E-state index >= 15 is 0 Å². The molecule has 3 nitrogen and oxygen atoms in total. The van der Waals surface area contributed by atoms with Gasteiger partial charge in [-0.1, -0.05) is 0 Å². The third-order valence-electron chi connectivity index (χ3n) is 1.94. The summed E-state index contributed by atoms with van der Waals surface area (Å²) in [6, 6.07) is 0.544. The van der Waals surface area contributed by atoms with Gasteiger partial charge in [0.15, 0.2) is 0 Å². The van der Waals surface area contributed by atoms with Crippen LogP contribution in [0.5, 0.6) is 0 Å². The van der Waals surface area contributed by atoms with E-state index in [4.69, 9.17) is 0 Å². The molecule has 2 aliphatic heterocycles. The van der Waals surface area contributed by atoms with Crippen molar-refractivity contribution in [3.63, 3.8) is 0 Å². The molecule has 1 radical (unpaired) electrons. The van der Waals surface area contributed by atoms with Crippen LogP contribution < -0.4 is 5.32 Å². The standard InChI is InChI=1S/C6H9N2O/c9-6-3-7-5-1-2-8(6)4-5/h3,5,7H,1-2,4H2. The molecule has 2 rings (SSSR count). The fraction of sp³-hybridized carbons (Fsp3) is 0.667. The number of hydrogen-bond acceptors (Lipinski definition) is 2. The van der Waals surface area contributed by atoms with E-state index in [1.807, 2.05) is 4.90 Å². The normalized spacial score (nSPS) is 33.6. The molecule has 0 aromatic rings. The lowest BCUT2D eigenvalue weighted by Crippen LogP contribution is -2.43. The summed E-state index contributed by atoms with van der Waals surface area (Å²) in [4.78, 5) is 12.7. The monoisotopic (exact) mass is 125 g/mol. The van der Waals surface area contributed by atoms with Gasteiger partial charge in [0, 0.05) is 19.1 Å². The summed E-state index contributed by atoms with van der Waals surface area (Å²) in [7, 11) is 0. The minimum Gasteiger partial charge on any atom is -0.340 e. The van der Waals surface area contributed by atoms with Crippen molar-refractivity contribution in [2.75, 3.05) is 13.1 Å². The molecule has 2 aliphatic rings. The van der Waals surface area contributed by atoms with Gasteiger partial charge in [-0.3, -0.25) is 10.1 Å². The number of nitrogens with one attached hydrogen (secondary N) is 1. The Balaban J connectivity index is 2.14. The third-order valence-corrected chi connectivity index (χ3v) is 1.94. The quantitative estimate of drug-likeness (QED) is 0.466. The van der Waals surface area contributed by atoms with E-state index in [1.165, 1.54) is 0 Å². The average molecular weight is 125 g/mol. The molecule has 49 valence electrons. The second kappa shape index (κ2) is 1.70. The van der Waals surface area contributed by atoms with Gasteiger partial charge in [-0.05, 0) is 6.42 Å². The molecule has 2 saturated heterocycles. The maximum absolute atomic E-state index is 10.9. The first-order chi connectivity index (χ1) is 4.36. The number of carbonyl (C=O) groups is 1. The molecule has 2 fully saturated rings. The molecular weight excluding hydrogens is 116 g/mol. The van der Waals surface area contributed by atoms with Crippen molar-refractivity contribution in [3.05, 3.63) is 6.54 Å². The van der Waals surface area contributed by atoms with Gasteiger partial charge in [0.1, 0.15) is 6.54 Å². The largest absolute Gasteiger partial charge is 0.340 e. The van der Waals surface area contributed by atoms with Crippen molar-refractivity contribution in [2.45, 2.75) is 12.5 Å². The number of nitrogens with zero attached hydrogens (tertiary/aromatic N) is 1. The first-order valence-electron chi connectivity index (χ1n) is 3.24. The second-order valence-electron chi connectivity index (χ2n) is 2.58. The highest BCUT2D eigenvalue weighted by Gasteiger charge is 2.30. The third kappa shape index (κ3) is 0.721. The van der Waals surface area contributed by atoms with Crippen LogP contribution in [0.25, 0.3) is 0 Å². The molecule has 1 N–H and O–H groups in total. The lowest BCUT2D eigenvalue weighted by molar-refractivity contribution is -0.128. The summed E-state index contributed by atoms with van der Waals surface area (Å²) < 4.78 is 0. The molecule has 0 spiro atoms. The van der Waals surface area contributed by atoms with Crippen LogP contribution in [0.3, 0.4) is 0 Å². The Bertz CT molecular complexity index is 146. The molecule has 2 bridgehead atoms. The Hall–Kier alpha value is -0.570. The number of rotatable bonds is 0. The summed E-state index contributed by atoms with van der Waals surface area (Å²) in [5, 5.41) is 3.04. The van der Waals surface area contributed by atoms with Crippen LogP contribution in [-0.2, 0) is 4.79 Å². The van der Waals surface area contributed by atoms with Crippen LogP contribution >= 0.6 is 0 Å². The number of carbonyl (C=O) groups excluding carboxylic acids is 1. The van der Waals surface area contributed by atoms with E-state index in [9.17, 15) is 4.79 Å². The molecule has 3 heteroatoms. The average Bonchev–Trinajstić information content (AvgIpc) is 2.25. The number of piperazine rings is 1. The smallest absolute Gasteiger partial charge is 0.241 e. The fourth-order valence-electron chi connectivity index (χ4n) is 1.38. The Morgan fingerprint density at radius 2 is 2.67 bits per heavy atom.